The molecule has 0 bridgehead atoms. The van der Waals surface area contributed by atoms with E-state index >= 15 is 0 Å². The second kappa shape index (κ2) is 6.84. The molecule has 0 saturated heterocycles. The van der Waals surface area contributed by atoms with Crippen molar-refractivity contribution in [3.05, 3.63) is 53.3 Å². The van der Waals surface area contributed by atoms with Gasteiger partial charge in [0.1, 0.15) is 17.8 Å². The van der Waals surface area contributed by atoms with Gasteiger partial charge in [-0.15, -0.1) is 0 Å². The number of methoxy groups -OCH3 is 1. The predicted octanol–water partition coefficient (Wildman–Crippen LogP) is 3.94. The Labute approximate surface area is 143 Å². The zero-order valence-corrected chi connectivity index (χ0v) is 13.8. The minimum atomic E-state index is -0.584. The summed E-state index contributed by atoms with van der Waals surface area (Å²) in [7, 11) is 1.24. The van der Waals surface area contributed by atoms with Crippen molar-refractivity contribution in [1.29, 1.82) is 0 Å². The normalized spacial score (nSPS) is 10.8. The molecular weight excluding hydrogens is 325 g/mol. The quantitative estimate of drug-likeness (QED) is 0.399. The molecule has 1 heterocycles. The third-order valence-electron chi connectivity index (χ3n) is 3.92. The van der Waals surface area contributed by atoms with E-state index in [4.69, 9.17) is 4.42 Å². The van der Waals surface area contributed by atoms with Gasteiger partial charge < -0.3 is 9.15 Å². The number of fused-ring (bicyclic) bond motifs is 1. The van der Waals surface area contributed by atoms with Crippen molar-refractivity contribution in [3.8, 4) is 11.5 Å². The molecule has 1 aromatic heterocycles. The number of hydrogen-bond donors (Lipinski definition) is 0. The minimum Gasteiger partial charge on any atom is -0.469 e. The van der Waals surface area contributed by atoms with Crippen molar-refractivity contribution < 1.29 is 23.1 Å². The summed E-state index contributed by atoms with van der Waals surface area (Å²) in [6, 6.07) is 9.17. The number of Topliss-reactive ketones (excluding diaryl/α,β-unsaturated/α-hetero) is 1. The van der Waals surface area contributed by atoms with Gasteiger partial charge >= 0.3 is 5.97 Å². The molecule has 25 heavy (non-hydrogen) atoms. The van der Waals surface area contributed by atoms with Crippen LogP contribution in [0, 0.1) is 5.82 Å². The van der Waals surface area contributed by atoms with Crippen LogP contribution >= 0.6 is 0 Å². The van der Waals surface area contributed by atoms with E-state index in [9.17, 15) is 14.0 Å². The number of carbonyl (C=O) groups is 2. The third-order valence-corrected chi connectivity index (χ3v) is 3.92. The molecule has 0 saturated carbocycles. The Morgan fingerprint density at radius 2 is 1.92 bits per heavy atom. The molecule has 3 aromatic rings. The van der Waals surface area contributed by atoms with Crippen molar-refractivity contribution in [1.82, 2.24) is 4.98 Å². The molecule has 6 heteroatoms. The summed E-state index contributed by atoms with van der Waals surface area (Å²) >= 11 is 0. The zero-order valence-electron chi connectivity index (χ0n) is 13.8. The average Bonchev–Trinajstić information content (AvgIpc) is 3.03. The lowest BCUT2D eigenvalue weighted by Crippen LogP contribution is -2.11. The van der Waals surface area contributed by atoms with E-state index < -0.39 is 5.97 Å². The zero-order chi connectivity index (χ0) is 18.0. The maximum atomic E-state index is 13.1. The van der Waals surface area contributed by atoms with Crippen LogP contribution in [0.15, 0.2) is 40.8 Å². The summed E-state index contributed by atoms with van der Waals surface area (Å²) in [5, 5.41) is 0. The first kappa shape index (κ1) is 16.8. The summed E-state index contributed by atoms with van der Waals surface area (Å²) in [5.74, 6) is -0.908. The molecule has 128 valence electrons. The fraction of sp³-hybridized carbons (Fsp3) is 0.211. The van der Waals surface area contributed by atoms with E-state index in [2.05, 4.69) is 9.72 Å². The van der Waals surface area contributed by atoms with E-state index in [-0.39, 0.29) is 18.0 Å². The SMILES string of the molecule is CCc1cc2oc(-c3ccc(F)cc3)nc2cc1C(=O)CC(=O)OC. The molecule has 0 aliphatic heterocycles. The second-order valence-electron chi connectivity index (χ2n) is 5.53. The minimum absolute atomic E-state index is 0.322. The molecule has 0 aliphatic rings. The summed E-state index contributed by atoms with van der Waals surface area (Å²) < 4.78 is 23.3. The average molecular weight is 341 g/mol. The van der Waals surface area contributed by atoms with Crippen molar-refractivity contribution in [2.75, 3.05) is 7.11 Å². The van der Waals surface area contributed by atoms with Gasteiger partial charge in [-0.3, -0.25) is 9.59 Å². The van der Waals surface area contributed by atoms with Crippen molar-refractivity contribution in [3.63, 3.8) is 0 Å². The number of ketones is 1. The van der Waals surface area contributed by atoms with Crippen LogP contribution < -0.4 is 0 Å². The van der Waals surface area contributed by atoms with E-state index in [0.29, 0.717) is 34.5 Å². The summed E-state index contributed by atoms with van der Waals surface area (Å²) in [5.41, 5.74) is 2.87. The highest BCUT2D eigenvalue weighted by molar-refractivity contribution is 6.08. The molecule has 0 aliphatic carbocycles. The lowest BCUT2D eigenvalue weighted by Gasteiger charge is -2.06. The molecule has 0 spiro atoms. The first-order valence-electron chi connectivity index (χ1n) is 7.81. The van der Waals surface area contributed by atoms with Crippen molar-refractivity contribution >= 4 is 22.9 Å². The number of nitrogens with zero attached hydrogens (tertiary/aromatic N) is 1. The number of ether oxygens (including phenoxy) is 1. The first-order chi connectivity index (χ1) is 12.0. The summed E-state index contributed by atoms with van der Waals surface area (Å²) in [6.45, 7) is 1.91. The number of benzene rings is 2. The van der Waals surface area contributed by atoms with Crippen LogP contribution in [-0.2, 0) is 16.0 Å². The number of carbonyl (C=O) groups excluding carboxylic acids is 2. The molecule has 5 nitrogen and oxygen atoms in total. The maximum absolute atomic E-state index is 13.1. The van der Waals surface area contributed by atoms with Crippen molar-refractivity contribution in [2.45, 2.75) is 19.8 Å². The van der Waals surface area contributed by atoms with Crippen LogP contribution in [-0.4, -0.2) is 23.8 Å². The largest absolute Gasteiger partial charge is 0.469 e. The van der Waals surface area contributed by atoms with E-state index in [1.165, 1.54) is 19.2 Å². The Hall–Kier alpha value is -3.02. The number of hydrogen-bond acceptors (Lipinski definition) is 5. The smallest absolute Gasteiger partial charge is 0.313 e. The van der Waals surface area contributed by atoms with Gasteiger partial charge in [0, 0.05) is 11.1 Å². The Morgan fingerprint density at radius 3 is 2.56 bits per heavy atom. The Kier molecular flexibility index (Phi) is 4.61. The van der Waals surface area contributed by atoms with Gasteiger partial charge in [-0.1, -0.05) is 6.92 Å². The molecule has 0 amide bonds. The summed E-state index contributed by atoms with van der Waals surface area (Å²) in [6.07, 6.45) is 0.280. The molecule has 0 radical (unpaired) electrons. The number of esters is 1. The van der Waals surface area contributed by atoms with Crippen LogP contribution in [0.2, 0.25) is 0 Å². The van der Waals surface area contributed by atoms with Crippen LogP contribution in [0.25, 0.3) is 22.6 Å². The number of rotatable bonds is 5. The van der Waals surface area contributed by atoms with Gasteiger partial charge in [0.25, 0.3) is 0 Å². The van der Waals surface area contributed by atoms with Crippen LogP contribution in [0.1, 0.15) is 29.3 Å². The fourth-order valence-corrected chi connectivity index (χ4v) is 2.58. The van der Waals surface area contributed by atoms with E-state index in [1.807, 2.05) is 6.92 Å². The maximum Gasteiger partial charge on any atom is 0.313 e. The van der Waals surface area contributed by atoms with Gasteiger partial charge in [0.05, 0.1) is 7.11 Å². The van der Waals surface area contributed by atoms with Crippen molar-refractivity contribution in [2.24, 2.45) is 0 Å². The number of aromatic nitrogens is 1. The molecule has 3 rings (SSSR count). The lowest BCUT2D eigenvalue weighted by molar-refractivity contribution is -0.139. The monoisotopic (exact) mass is 341 g/mol. The third kappa shape index (κ3) is 3.42. The molecule has 2 aromatic carbocycles. The standard InChI is InChI=1S/C19H16FNO4/c1-3-11-8-17-15(9-14(11)16(22)10-18(23)24-2)21-19(25-17)12-4-6-13(20)7-5-12/h4-9H,3,10H2,1-2H3. The predicted molar refractivity (Wildman–Crippen MR) is 89.7 cm³/mol. The lowest BCUT2D eigenvalue weighted by atomic mass is 9.99. The topological polar surface area (TPSA) is 69.4 Å². The van der Waals surface area contributed by atoms with Gasteiger partial charge in [-0.2, -0.15) is 0 Å². The van der Waals surface area contributed by atoms with Gasteiger partial charge in [0.2, 0.25) is 5.89 Å². The molecule has 0 N–H and O–H groups in total. The molecule has 0 fully saturated rings. The van der Waals surface area contributed by atoms with E-state index in [0.717, 1.165) is 5.56 Å². The molecule has 0 unspecified atom stereocenters. The molecule has 0 atom stereocenters. The molecular formula is C19H16FNO4. The highest BCUT2D eigenvalue weighted by Crippen LogP contribution is 2.27. The highest BCUT2D eigenvalue weighted by Gasteiger charge is 2.18. The van der Waals surface area contributed by atoms with Gasteiger partial charge in [-0.25, -0.2) is 9.37 Å². The summed E-state index contributed by atoms with van der Waals surface area (Å²) in [4.78, 5) is 28.1. The van der Waals surface area contributed by atoms with Crippen LogP contribution in [0.4, 0.5) is 4.39 Å². The number of aryl methyl sites for hydroxylation is 1. The Morgan fingerprint density at radius 1 is 1.20 bits per heavy atom. The van der Waals surface area contributed by atoms with Crippen LogP contribution in [0.5, 0.6) is 0 Å². The van der Waals surface area contributed by atoms with E-state index in [1.54, 1.807) is 24.3 Å². The number of oxazole rings is 1. The Bertz CT molecular complexity index is 944. The van der Waals surface area contributed by atoms with Gasteiger partial charge in [-0.05, 0) is 48.4 Å². The number of halogens is 1. The highest BCUT2D eigenvalue weighted by atomic mass is 19.1. The van der Waals surface area contributed by atoms with Gasteiger partial charge in [0.15, 0.2) is 11.4 Å². The second-order valence-corrected chi connectivity index (χ2v) is 5.53. The Balaban J connectivity index is 2.03. The first-order valence-corrected chi connectivity index (χ1v) is 7.81. The fourth-order valence-electron chi connectivity index (χ4n) is 2.58. The van der Waals surface area contributed by atoms with Crippen LogP contribution in [0.3, 0.4) is 0 Å².